The molecule has 2 rings (SSSR count). The zero-order valence-electron chi connectivity index (χ0n) is 9.87. The number of nitrogens with one attached hydrogen (secondary N) is 1. The molecule has 0 atom stereocenters. The van der Waals surface area contributed by atoms with Gasteiger partial charge in [0.2, 0.25) is 0 Å². The smallest absolute Gasteiger partial charge is 0.161 e. The molecule has 1 heterocycles. The summed E-state index contributed by atoms with van der Waals surface area (Å²) in [5.74, 6) is 1.40. The van der Waals surface area contributed by atoms with E-state index in [2.05, 4.69) is 26.1 Å². The van der Waals surface area contributed by atoms with Crippen LogP contribution in [0.3, 0.4) is 0 Å². The number of benzene rings is 1. The highest BCUT2D eigenvalue weighted by molar-refractivity contribution is 9.10. The van der Waals surface area contributed by atoms with E-state index in [0.29, 0.717) is 11.5 Å². The summed E-state index contributed by atoms with van der Waals surface area (Å²) < 4.78 is 11.4. The van der Waals surface area contributed by atoms with Crippen LogP contribution in [-0.2, 0) is 0 Å². The van der Waals surface area contributed by atoms with Gasteiger partial charge in [0.1, 0.15) is 5.69 Å². The Morgan fingerprint density at radius 2 is 1.88 bits per heavy atom. The lowest BCUT2D eigenvalue weighted by atomic mass is 10.1. The summed E-state index contributed by atoms with van der Waals surface area (Å²) in [7, 11) is 3.23. The average Bonchev–Trinajstić information content (AvgIpc) is 2.69. The van der Waals surface area contributed by atoms with E-state index in [1.807, 2.05) is 25.1 Å². The lowest BCUT2D eigenvalue weighted by molar-refractivity contribution is 0.355. The number of aryl methyl sites for hydroxylation is 1. The highest BCUT2D eigenvalue weighted by Gasteiger charge is 2.12. The van der Waals surface area contributed by atoms with Crippen molar-refractivity contribution >= 4 is 15.9 Å². The first kappa shape index (κ1) is 12.0. The van der Waals surface area contributed by atoms with Crippen molar-refractivity contribution < 1.29 is 9.47 Å². The number of H-pyrrole nitrogens is 1. The number of aromatic amines is 1. The molecule has 0 fully saturated rings. The van der Waals surface area contributed by atoms with E-state index in [4.69, 9.17) is 9.47 Å². The van der Waals surface area contributed by atoms with Crippen molar-refractivity contribution in [2.24, 2.45) is 0 Å². The van der Waals surface area contributed by atoms with Crippen LogP contribution < -0.4 is 9.47 Å². The predicted octanol–water partition coefficient (Wildman–Crippen LogP) is 3.16. The van der Waals surface area contributed by atoms with Crippen molar-refractivity contribution in [3.05, 3.63) is 28.4 Å². The van der Waals surface area contributed by atoms with Crippen LogP contribution in [-0.4, -0.2) is 24.4 Å². The zero-order valence-corrected chi connectivity index (χ0v) is 11.5. The Morgan fingerprint density at radius 3 is 2.41 bits per heavy atom. The topological polar surface area (TPSA) is 47.1 Å². The number of halogens is 1. The van der Waals surface area contributed by atoms with Gasteiger partial charge in [-0.25, -0.2) is 0 Å². The van der Waals surface area contributed by atoms with Gasteiger partial charge in [0.25, 0.3) is 0 Å². The highest BCUT2D eigenvalue weighted by atomic mass is 79.9. The second-order valence-corrected chi connectivity index (χ2v) is 4.37. The number of rotatable bonds is 3. The maximum atomic E-state index is 5.27. The fourth-order valence-electron chi connectivity index (χ4n) is 1.59. The van der Waals surface area contributed by atoms with Gasteiger partial charge in [-0.05, 0) is 41.1 Å². The van der Waals surface area contributed by atoms with Crippen LogP contribution in [0.25, 0.3) is 11.3 Å². The quantitative estimate of drug-likeness (QED) is 0.946. The summed E-state index contributed by atoms with van der Waals surface area (Å²) in [5.41, 5.74) is 2.83. The Kier molecular flexibility index (Phi) is 3.38. The van der Waals surface area contributed by atoms with E-state index in [-0.39, 0.29) is 0 Å². The number of ether oxygens (including phenoxy) is 2. The van der Waals surface area contributed by atoms with Crippen LogP contribution in [0.15, 0.2) is 22.7 Å². The van der Waals surface area contributed by atoms with Crippen LogP contribution in [0, 0.1) is 6.92 Å². The largest absolute Gasteiger partial charge is 0.493 e. The molecule has 90 valence electrons. The number of aromatic nitrogens is 2. The molecule has 2 aromatic rings. The highest BCUT2D eigenvalue weighted by Crippen LogP contribution is 2.35. The molecule has 0 bridgehead atoms. The molecule has 0 spiro atoms. The summed E-state index contributed by atoms with van der Waals surface area (Å²) >= 11 is 3.50. The van der Waals surface area contributed by atoms with Crippen molar-refractivity contribution in [1.82, 2.24) is 10.2 Å². The molecule has 1 N–H and O–H groups in total. The molecule has 0 unspecified atom stereocenters. The van der Waals surface area contributed by atoms with Crippen molar-refractivity contribution in [2.75, 3.05) is 14.2 Å². The van der Waals surface area contributed by atoms with Gasteiger partial charge in [-0.15, -0.1) is 0 Å². The molecule has 0 amide bonds. The van der Waals surface area contributed by atoms with Crippen LogP contribution in [0.5, 0.6) is 11.5 Å². The molecule has 5 heteroatoms. The van der Waals surface area contributed by atoms with E-state index in [1.54, 1.807) is 14.2 Å². The first-order chi connectivity index (χ1) is 8.17. The van der Waals surface area contributed by atoms with Gasteiger partial charge < -0.3 is 9.47 Å². The van der Waals surface area contributed by atoms with Crippen LogP contribution in [0.2, 0.25) is 0 Å². The zero-order chi connectivity index (χ0) is 12.4. The molecular weight excluding hydrogens is 284 g/mol. The Morgan fingerprint density at radius 1 is 1.18 bits per heavy atom. The van der Waals surface area contributed by atoms with E-state index in [1.165, 1.54) is 0 Å². The third kappa shape index (κ3) is 2.15. The second kappa shape index (κ2) is 4.79. The molecule has 17 heavy (non-hydrogen) atoms. The maximum Gasteiger partial charge on any atom is 0.161 e. The molecule has 0 aliphatic rings. The molecule has 0 aliphatic carbocycles. The average molecular weight is 297 g/mol. The van der Waals surface area contributed by atoms with Crippen molar-refractivity contribution in [3.8, 4) is 22.8 Å². The first-order valence-corrected chi connectivity index (χ1v) is 5.89. The predicted molar refractivity (Wildman–Crippen MR) is 69.6 cm³/mol. The Balaban J connectivity index is 2.50. The lowest BCUT2D eigenvalue weighted by Gasteiger charge is -2.08. The molecule has 1 aromatic heterocycles. The summed E-state index contributed by atoms with van der Waals surface area (Å²) in [5, 5.41) is 7.18. The van der Waals surface area contributed by atoms with Gasteiger partial charge in [-0.3, -0.25) is 5.10 Å². The monoisotopic (exact) mass is 296 g/mol. The standard InChI is InChI=1S/C12H13BrN2O2/c1-7-11(13)12(15-14-7)8-4-5-9(16-2)10(6-8)17-3/h4-6H,1-3H3,(H,14,15). The van der Waals surface area contributed by atoms with Gasteiger partial charge in [0.05, 0.1) is 18.7 Å². The molecular formula is C12H13BrN2O2. The van der Waals surface area contributed by atoms with Gasteiger partial charge in [0, 0.05) is 11.3 Å². The minimum atomic E-state index is 0.692. The molecule has 4 nitrogen and oxygen atoms in total. The van der Waals surface area contributed by atoms with Crippen LogP contribution in [0.1, 0.15) is 5.69 Å². The Labute approximate surface area is 108 Å². The minimum Gasteiger partial charge on any atom is -0.493 e. The molecule has 0 radical (unpaired) electrons. The van der Waals surface area contributed by atoms with Crippen LogP contribution in [0.4, 0.5) is 0 Å². The number of nitrogens with zero attached hydrogens (tertiary/aromatic N) is 1. The first-order valence-electron chi connectivity index (χ1n) is 5.10. The SMILES string of the molecule is COc1ccc(-c2n[nH]c(C)c2Br)cc1OC. The normalized spacial score (nSPS) is 10.4. The number of hydrogen-bond acceptors (Lipinski definition) is 3. The van der Waals surface area contributed by atoms with Gasteiger partial charge in [-0.2, -0.15) is 5.10 Å². The summed E-state index contributed by atoms with van der Waals surface area (Å²) in [6.07, 6.45) is 0. The van der Waals surface area contributed by atoms with Crippen molar-refractivity contribution in [1.29, 1.82) is 0 Å². The van der Waals surface area contributed by atoms with E-state index < -0.39 is 0 Å². The Bertz CT molecular complexity index is 537. The number of hydrogen-bond donors (Lipinski definition) is 1. The molecule has 0 saturated carbocycles. The van der Waals surface area contributed by atoms with Gasteiger partial charge in [-0.1, -0.05) is 0 Å². The third-order valence-corrected chi connectivity index (χ3v) is 3.50. The Hall–Kier alpha value is -1.49. The van der Waals surface area contributed by atoms with E-state index >= 15 is 0 Å². The second-order valence-electron chi connectivity index (χ2n) is 3.58. The lowest BCUT2D eigenvalue weighted by Crippen LogP contribution is -1.91. The maximum absolute atomic E-state index is 5.27. The summed E-state index contributed by atoms with van der Waals surface area (Å²) in [6, 6.07) is 5.71. The van der Waals surface area contributed by atoms with Gasteiger partial charge in [0.15, 0.2) is 11.5 Å². The summed E-state index contributed by atoms with van der Waals surface area (Å²) in [6.45, 7) is 1.96. The molecule has 1 aromatic carbocycles. The van der Waals surface area contributed by atoms with E-state index in [0.717, 1.165) is 21.4 Å². The molecule has 0 aliphatic heterocycles. The van der Waals surface area contributed by atoms with E-state index in [9.17, 15) is 0 Å². The van der Waals surface area contributed by atoms with Crippen molar-refractivity contribution in [2.45, 2.75) is 6.92 Å². The summed E-state index contributed by atoms with van der Waals surface area (Å²) in [4.78, 5) is 0. The number of methoxy groups -OCH3 is 2. The minimum absolute atomic E-state index is 0.692. The third-order valence-electron chi connectivity index (χ3n) is 2.53. The van der Waals surface area contributed by atoms with Gasteiger partial charge >= 0.3 is 0 Å². The van der Waals surface area contributed by atoms with Crippen molar-refractivity contribution in [3.63, 3.8) is 0 Å². The molecule has 0 saturated heterocycles. The fourth-order valence-corrected chi connectivity index (χ4v) is 2.00. The van der Waals surface area contributed by atoms with Crippen LogP contribution >= 0.6 is 15.9 Å². The fraction of sp³-hybridized carbons (Fsp3) is 0.250.